The van der Waals surface area contributed by atoms with Gasteiger partial charge < -0.3 is 17.2 Å². The molecule has 1 aromatic heterocycles. The normalized spacial score (nSPS) is 10.9. The smallest absolute Gasteiger partial charge is 0.265 e. The second-order valence-electron chi connectivity index (χ2n) is 3.70. The molecule has 0 radical (unpaired) electrons. The topological polar surface area (TPSA) is 104 Å². The first-order chi connectivity index (χ1) is 8.95. The number of hydrogen-bond acceptors (Lipinski definition) is 6. The Morgan fingerprint density at radius 2 is 1.63 bits per heavy atom. The third-order valence-corrected chi connectivity index (χ3v) is 3.17. The highest BCUT2D eigenvalue weighted by Gasteiger charge is 2.15. The Morgan fingerprint density at radius 1 is 1.00 bits per heavy atom. The van der Waals surface area contributed by atoms with E-state index in [1.54, 1.807) is 0 Å². The van der Waals surface area contributed by atoms with Gasteiger partial charge in [-0.1, -0.05) is 0 Å². The maximum atomic E-state index is 12.9. The fourth-order valence-corrected chi connectivity index (χ4v) is 2.34. The summed E-state index contributed by atoms with van der Waals surface area (Å²) in [7, 11) is 0. The van der Waals surface area contributed by atoms with Crippen LogP contribution in [0.2, 0.25) is 0 Å². The standard InChI is InChI=1S/C11H11F2N5S/c12-10(13)6-3-5(14)1-2-7(6)19-11-17-8(15)4-9(16)18-11/h1-4,10H,14H2,(H4,15,16,17,18). The van der Waals surface area contributed by atoms with Crippen molar-refractivity contribution in [2.45, 2.75) is 16.5 Å². The molecule has 0 saturated carbocycles. The Hall–Kier alpha value is -2.09. The molecule has 1 heterocycles. The van der Waals surface area contributed by atoms with Gasteiger partial charge in [0.1, 0.15) is 11.6 Å². The molecule has 0 fully saturated rings. The lowest BCUT2D eigenvalue weighted by Crippen LogP contribution is -2.00. The summed E-state index contributed by atoms with van der Waals surface area (Å²) < 4.78 is 25.8. The summed E-state index contributed by atoms with van der Waals surface area (Å²) in [5, 5.41) is 0.212. The molecule has 0 amide bonds. The molecule has 8 heteroatoms. The first kappa shape index (κ1) is 13.3. The van der Waals surface area contributed by atoms with Gasteiger partial charge in [-0.2, -0.15) is 0 Å². The van der Waals surface area contributed by atoms with Crippen molar-refractivity contribution < 1.29 is 8.78 Å². The van der Waals surface area contributed by atoms with Crippen LogP contribution in [0.15, 0.2) is 34.3 Å². The third-order valence-electron chi connectivity index (χ3n) is 2.22. The van der Waals surface area contributed by atoms with E-state index >= 15 is 0 Å². The Labute approximate surface area is 112 Å². The van der Waals surface area contributed by atoms with E-state index in [-0.39, 0.29) is 28.0 Å². The van der Waals surface area contributed by atoms with Crippen molar-refractivity contribution >= 4 is 29.1 Å². The summed E-state index contributed by atoms with van der Waals surface area (Å²) in [5.41, 5.74) is 16.6. The molecule has 0 atom stereocenters. The maximum Gasteiger partial charge on any atom is 0.265 e. The molecule has 0 bridgehead atoms. The predicted octanol–water partition coefficient (Wildman–Crippen LogP) is 2.31. The quantitative estimate of drug-likeness (QED) is 0.590. The van der Waals surface area contributed by atoms with Crippen LogP contribution in [-0.4, -0.2) is 9.97 Å². The van der Waals surface area contributed by atoms with E-state index in [2.05, 4.69) is 9.97 Å². The Morgan fingerprint density at radius 3 is 2.21 bits per heavy atom. The summed E-state index contributed by atoms with van der Waals surface area (Å²) >= 11 is 0.962. The van der Waals surface area contributed by atoms with Gasteiger partial charge >= 0.3 is 0 Å². The SMILES string of the molecule is Nc1ccc(Sc2nc(N)cc(N)n2)c(C(F)F)c1. The molecule has 0 aliphatic heterocycles. The number of benzene rings is 1. The number of nitrogens with two attached hydrogens (primary N) is 3. The number of nitrogen functional groups attached to an aromatic ring is 3. The van der Waals surface area contributed by atoms with Crippen LogP contribution in [0.3, 0.4) is 0 Å². The summed E-state index contributed by atoms with van der Waals surface area (Å²) in [6.07, 6.45) is -2.63. The molecule has 0 unspecified atom stereocenters. The molecule has 6 N–H and O–H groups in total. The summed E-state index contributed by atoms with van der Waals surface area (Å²) in [6, 6.07) is 5.64. The number of aromatic nitrogens is 2. The molecule has 2 rings (SSSR count). The minimum absolute atomic E-state index is 0.172. The lowest BCUT2D eigenvalue weighted by Gasteiger charge is -2.09. The van der Waals surface area contributed by atoms with Crippen molar-refractivity contribution in [3.05, 3.63) is 29.8 Å². The maximum absolute atomic E-state index is 12.9. The second kappa shape index (κ2) is 5.27. The first-order valence-corrected chi connectivity index (χ1v) is 6.03. The number of nitrogens with zero attached hydrogens (tertiary/aromatic N) is 2. The average Bonchev–Trinajstić information content (AvgIpc) is 2.30. The number of hydrogen-bond donors (Lipinski definition) is 3. The van der Waals surface area contributed by atoms with Gasteiger partial charge in [0.15, 0.2) is 5.16 Å². The van der Waals surface area contributed by atoms with Crippen LogP contribution < -0.4 is 17.2 Å². The van der Waals surface area contributed by atoms with E-state index in [4.69, 9.17) is 17.2 Å². The molecular formula is C11H11F2N5S. The van der Waals surface area contributed by atoms with Gasteiger partial charge in [-0.15, -0.1) is 0 Å². The van der Waals surface area contributed by atoms with E-state index < -0.39 is 6.43 Å². The Kier molecular flexibility index (Phi) is 3.70. The predicted molar refractivity (Wildman–Crippen MR) is 70.8 cm³/mol. The lowest BCUT2D eigenvalue weighted by atomic mass is 10.2. The van der Waals surface area contributed by atoms with Crippen LogP contribution in [0, 0.1) is 0 Å². The Balaban J connectivity index is 2.37. The molecule has 100 valence electrons. The lowest BCUT2D eigenvalue weighted by molar-refractivity contribution is 0.148. The molecule has 0 aliphatic rings. The monoisotopic (exact) mass is 283 g/mol. The zero-order valence-electron chi connectivity index (χ0n) is 9.68. The van der Waals surface area contributed by atoms with Crippen molar-refractivity contribution in [2.24, 2.45) is 0 Å². The molecule has 19 heavy (non-hydrogen) atoms. The van der Waals surface area contributed by atoms with E-state index in [0.29, 0.717) is 4.90 Å². The fourth-order valence-electron chi connectivity index (χ4n) is 1.44. The van der Waals surface area contributed by atoms with Gasteiger partial charge in [0.05, 0.1) is 0 Å². The van der Waals surface area contributed by atoms with Gasteiger partial charge in [0.2, 0.25) is 0 Å². The molecule has 0 spiro atoms. The van der Waals surface area contributed by atoms with Gasteiger partial charge in [-0.05, 0) is 30.0 Å². The van der Waals surface area contributed by atoms with Gasteiger partial charge in [0, 0.05) is 22.2 Å². The summed E-state index contributed by atoms with van der Waals surface area (Å²) in [5.74, 6) is 0.369. The van der Waals surface area contributed by atoms with Crippen molar-refractivity contribution in [3.63, 3.8) is 0 Å². The van der Waals surface area contributed by atoms with Crippen LogP contribution in [0.25, 0.3) is 0 Å². The van der Waals surface area contributed by atoms with Crippen molar-refractivity contribution in [2.75, 3.05) is 17.2 Å². The minimum atomic E-state index is -2.63. The van der Waals surface area contributed by atoms with E-state index in [1.807, 2.05) is 0 Å². The van der Waals surface area contributed by atoms with Crippen LogP contribution in [-0.2, 0) is 0 Å². The molecule has 0 saturated heterocycles. The zero-order valence-corrected chi connectivity index (χ0v) is 10.5. The molecule has 2 aromatic rings. The van der Waals surface area contributed by atoms with E-state index in [9.17, 15) is 8.78 Å². The third kappa shape index (κ3) is 3.22. The molecule has 5 nitrogen and oxygen atoms in total. The highest BCUT2D eigenvalue weighted by atomic mass is 32.2. The zero-order chi connectivity index (χ0) is 14.0. The van der Waals surface area contributed by atoms with E-state index in [1.165, 1.54) is 24.3 Å². The Bertz CT molecular complexity index is 585. The molecule has 0 aliphatic carbocycles. The number of alkyl halides is 2. The highest BCUT2D eigenvalue weighted by molar-refractivity contribution is 7.99. The molecule has 1 aromatic carbocycles. The van der Waals surface area contributed by atoms with Crippen molar-refractivity contribution in [1.29, 1.82) is 0 Å². The van der Waals surface area contributed by atoms with E-state index in [0.717, 1.165) is 11.8 Å². The number of anilines is 3. The van der Waals surface area contributed by atoms with Crippen molar-refractivity contribution in [3.8, 4) is 0 Å². The molecular weight excluding hydrogens is 272 g/mol. The summed E-state index contributed by atoms with van der Waals surface area (Å²) in [4.78, 5) is 8.17. The van der Waals surface area contributed by atoms with Crippen molar-refractivity contribution in [1.82, 2.24) is 9.97 Å². The van der Waals surface area contributed by atoms with Crippen LogP contribution >= 0.6 is 11.8 Å². The van der Waals surface area contributed by atoms with Crippen LogP contribution in [0.1, 0.15) is 12.0 Å². The largest absolute Gasteiger partial charge is 0.399 e. The van der Waals surface area contributed by atoms with Crippen LogP contribution in [0.5, 0.6) is 0 Å². The minimum Gasteiger partial charge on any atom is -0.399 e. The fraction of sp³-hybridized carbons (Fsp3) is 0.0909. The second-order valence-corrected chi connectivity index (χ2v) is 4.71. The van der Waals surface area contributed by atoms with Gasteiger partial charge in [-0.25, -0.2) is 18.7 Å². The number of halogens is 2. The average molecular weight is 283 g/mol. The number of rotatable bonds is 3. The summed E-state index contributed by atoms with van der Waals surface area (Å²) in [6.45, 7) is 0. The van der Waals surface area contributed by atoms with Crippen LogP contribution in [0.4, 0.5) is 26.1 Å². The van der Waals surface area contributed by atoms with Gasteiger partial charge in [0.25, 0.3) is 6.43 Å². The first-order valence-electron chi connectivity index (χ1n) is 5.21. The highest BCUT2D eigenvalue weighted by Crippen LogP contribution is 2.35. The van der Waals surface area contributed by atoms with Gasteiger partial charge in [-0.3, -0.25) is 0 Å².